The molecule has 1 aromatic heterocycles. The van der Waals surface area contributed by atoms with Crippen LogP contribution in [0.1, 0.15) is 57.3 Å². The van der Waals surface area contributed by atoms with Crippen molar-refractivity contribution in [1.29, 1.82) is 0 Å². The van der Waals surface area contributed by atoms with Crippen molar-refractivity contribution in [3.63, 3.8) is 0 Å². The summed E-state index contributed by atoms with van der Waals surface area (Å²) in [5.41, 5.74) is 2.62. The Morgan fingerprint density at radius 1 is 1.32 bits per heavy atom. The highest BCUT2D eigenvalue weighted by atomic mass is 35.5. The zero-order valence-corrected chi connectivity index (χ0v) is 13.0. The van der Waals surface area contributed by atoms with E-state index in [1.54, 1.807) is 0 Å². The third-order valence-corrected chi connectivity index (χ3v) is 4.80. The average Bonchev–Trinajstić information content (AvgIpc) is 2.88. The summed E-state index contributed by atoms with van der Waals surface area (Å²) < 4.78 is 2.11. The van der Waals surface area contributed by atoms with E-state index in [-0.39, 0.29) is 5.54 Å². The Balaban J connectivity index is 2.02. The number of hydrogen-bond acceptors (Lipinski definition) is 2. The zero-order chi connectivity index (χ0) is 13.7. The number of aryl methyl sites for hydroxylation is 2. The minimum atomic E-state index is 0.148. The van der Waals surface area contributed by atoms with Crippen molar-refractivity contribution in [2.75, 3.05) is 5.88 Å². The maximum Gasteiger partial charge on any atom is 0.0625 e. The number of rotatable bonds is 6. The Morgan fingerprint density at radius 2 is 2.05 bits per heavy atom. The summed E-state index contributed by atoms with van der Waals surface area (Å²) in [7, 11) is 0. The molecule has 1 aliphatic rings. The van der Waals surface area contributed by atoms with E-state index < -0.39 is 0 Å². The van der Waals surface area contributed by atoms with E-state index in [9.17, 15) is 0 Å². The third-order valence-electron chi connectivity index (χ3n) is 4.29. The minimum Gasteiger partial charge on any atom is -0.304 e. The molecule has 0 atom stereocenters. The molecule has 1 N–H and O–H groups in total. The maximum absolute atomic E-state index is 6.22. The van der Waals surface area contributed by atoms with Crippen LogP contribution in [0.3, 0.4) is 0 Å². The number of nitrogens with one attached hydrogen (secondary N) is 1. The first-order valence-electron chi connectivity index (χ1n) is 7.59. The fourth-order valence-corrected chi connectivity index (χ4v) is 3.33. The van der Waals surface area contributed by atoms with Crippen LogP contribution in [0.4, 0.5) is 0 Å². The molecule has 1 aromatic rings. The fraction of sp³-hybridized carbons (Fsp3) is 0.800. The van der Waals surface area contributed by atoms with Crippen LogP contribution in [0.25, 0.3) is 0 Å². The van der Waals surface area contributed by atoms with Gasteiger partial charge in [-0.1, -0.05) is 26.2 Å². The van der Waals surface area contributed by atoms with Crippen molar-refractivity contribution in [3.8, 4) is 0 Å². The molecular weight excluding hydrogens is 258 g/mol. The van der Waals surface area contributed by atoms with Gasteiger partial charge in [0, 0.05) is 24.5 Å². The van der Waals surface area contributed by atoms with Crippen molar-refractivity contribution in [2.45, 2.75) is 71.0 Å². The summed E-state index contributed by atoms with van der Waals surface area (Å²) >= 11 is 6.22. The molecule has 0 unspecified atom stereocenters. The van der Waals surface area contributed by atoms with Crippen molar-refractivity contribution in [3.05, 3.63) is 17.5 Å². The average molecular weight is 284 g/mol. The van der Waals surface area contributed by atoms with E-state index in [4.69, 9.17) is 11.6 Å². The highest BCUT2D eigenvalue weighted by Crippen LogP contribution is 2.29. The molecule has 0 saturated heterocycles. The second-order valence-corrected chi connectivity index (χ2v) is 5.89. The largest absolute Gasteiger partial charge is 0.304 e. The number of alkyl halides is 1. The van der Waals surface area contributed by atoms with Gasteiger partial charge in [-0.2, -0.15) is 5.10 Å². The Hall–Kier alpha value is -0.540. The Kier molecular flexibility index (Phi) is 5.28. The molecule has 0 amide bonds. The SMILES string of the molecule is CCc1cc(CNC2(CCl)CCCCC2)n(CC)n1. The molecule has 1 heterocycles. The van der Waals surface area contributed by atoms with Gasteiger partial charge >= 0.3 is 0 Å². The minimum absolute atomic E-state index is 0.148. The standard InChI is InChI=1S/C15H26ClN3/c1-3-13-10-14(19(4-2)18-13)11-17-15(12-16)8-6-5-7-9-15/h10,17H,3-9,11-12H2,1-2H3. The summed E-state index contributed by atoms with van der Waals surface area (Å²) in [4.78, 5) is 0. The lowest BCUT2D eigenvalue weighted by Crippen LogP contribution is -2.48. The molecule has 1 fully saturated rings. The summed E-state index contributed by atoms with van der Waals surface area (Å²) in [6, 6.07) is 2.22. The first-order valence-corrected chi connectivity index (χ1v) is 8.13. The molecule has 1 saturated carbocycles. The normalized spacial score (nSPS) is 18.7. The molecule has 3 nitrogen and oxygen atoms in total. The second kappa shape index (κ2) is 6.76. The van der Waals surface area contributed by atoms with Crippen molar-refractivity contribution >= 4 is 11.6 Å². The highest BCUT2D eigenvalue weighted by Gasteiger charge is 2.30. The lowest BCUT2D eigenvalue weighted by Gasteiger charge is -2.36. The lowest BCUT2D eigenvalue weighted by molar-refractivity contribution is 0.254. The van der Waals surface area contributed by atoms with Crippen LogP contribution in [0.5, 0.6) is 0 Å². The van der Waals surface area contributed by atoms with E-state index >= 15 is 0 Å². The van der Waals surface area contributed by atoms with Gasteiger partial charge in [0.25, 0.3) is 0 Å². The molecular formula is C15H26ClN3. The maximum atomic E-state index is 6.22. The van der Waals surface area contributed by atoms with E-state index in [2.05, 4.69) is 35.0 Å². The van der Waals surface area contributed by atoms with Gasteiger partial charge in [-0.25, -0.2) is 0 Å². The summed E-state index contributed by atoms with van der Waals surface area (Å²) in [6.07, 6.45) is 7.36. The van der Waals surface area contributed by atoms with Crippen molar-refractivity contribution in [2.24, 2.45) is 0 Å². The van der Waals surface area contributed by atoms with Gasteiger partial charge in [-0.15, -0.1) is 11.6 Å². The molecule has 108 valence electrons. The monoisotopic (exact) mass is 283 g/mol. The lowest BCUT2D eigenvalue weighted by atomic mass is 9.83. The number of hydrogen-bond donors (Lipinski definition) is 1. The Bertz CT molecular complexity index is 394. The number of nitrogens with zero attached hydrogens (tertiary/aromatic N) is 2. The van der Waals surface area contributed by atoms with E-state index in [1.807, 2.05) is 0 Å². The van der Waals surface area contributed by atoms with Crippen LogP contribution >= 0.6 is 11.6 Å². The van der Waals surface area contributed by atoms with Gasteiger partial charge in [0.05, 0.1) is 11.4 Å². The molecule has 0 radical (unpaired) electrons. The molecule has 1 aliphatic carbocycles. The summed E-state index contributed by atoms with van der Waals surface area (Å²) in [5, 5.41) is 8.32. The predicted octanol–water partition coefficient (Wildman–Crippen LogP) is 3.50. The van der Waals surface area contributed by atoms with Crippen LogP contribution in [0, 0.1) is 0 Å². The Morgan fingerprint density at radius 3 is 2.63 bits per heavy atom. The van der Waals surface area contributed by atoms with E-state index in [0.29, 0.717) is 5.88 Å². The van der Waals surface area contributed by atoms with Crippen molar-refractivity contribution in [1.82, 2.24) is 15.1 Å². The molecule has 0 bridgehead atoms. The summed E-state index contributed by atoms with van der Waals surface area (Å²) in [6.45, 7) is 6.12. The van der Waals surface area contributed by atoms with Crippen LogP contribution in [0.15, 0.2) is 6.07 Å². The highest BCUT2D eigenvalue weighted by molar-refractivity contribution is 6.18. The van der Waals surface area contributed by atoms with E-state index in [0.717, 1.165) is 19.5 Å². The Labute approximate surface area is 121 Å². The smallest absolute Gasteiger partial charge is 0.0625 e. The van der Waals surface area contributed by atoms with Gasteiger partial charge < -0.3 is 5.32 Å². The van der Waals surface area contributed by atoms with E-state index in [1.165, 1.54) is 43.5 Å². The fourth-order valence-electron chi connectivity index (χ4n) is 2.97. The molecule has 2 rings (SSSR count). The second-order valence-electron chi connectivity index (χ2n) is 5.62. The topological polar surface area (TPSA) is 29.9 Å². The van der Waals surface area contributed by atoms with Crippen LogP contribution in [-0.4, -0.2) is 21.2 Å². The molecule has 0 spiro atoms. The quantitative estimate of drug-likeness (QED) is 0.810. The molecule has 0 aromatic carbocycles. The van der Waals surface area contributed by atoms with Crippen LogP contribution in [-0.2, 0) is 19.5 Å². The van der Waals surface area contributed by atoms with Gasteiger partial charge in [0.15, 0.2) is 0 Å². The molecule has 0 aliphatic heterocycles. The van der Waals surface area contributed by atoms with Crippen LogP contribution < -0.4 is 5.32 Å². The predicted molar refractivity (Wildman–Crippen MR) is 80.7 cm³/mol. The molecule has 19 heavy (non-hydrogen) atoms. The van der Waals surface area contributed by atoms with Crippen LogP contribution in [0.2, 0.25) is 0 Å². The van der Waals surface area contributed by atoms with Gasteiger partial charge in [0.2, 0.25) is 0 Å². The number of aromatic nitrogens is 2. The summed E-state index contributed by atoms with van der Waals surface area (Å²) in [5.74, 6) is 0.716. The third kappa shape index (κ3) is 3.51. The van der Waals surface area contributed by atoms with Gasteiger partial charge in [0.1, 0.15) is 0 Å². The van der Waals surface area contributed by atoms with Crippen molar-refractivity contribution < 1.29 is 0 Å². The molecule has 4 heteroatoms. The van der Waals surface area contributed by atoms with Gasteiger partial charge in [-0.05, 0) is 32.3 Å². The zero-order valence-electron chi connectivity index (χ0n) is 12.2. The first-order chi connectivity index (χ1) is 9.23. The first kappa shape index (κ1) is 14.9. The van der Waals surface area contributed by atoms with Gasteiger partial charge in [-0.3, -0.25) is 4.68 Å². The number of halogens is 1.